The minimum atomic E-state index is 0.244. The molecule has 0 bridgehead atoms. The molecule has 0 atom stereocenters. The molecule has 4 rings (SSSR count). The summed E-state index contributed by atoms with van der Waals surface area (Å²) in [5.74, 6) is 1.55. The number of likely N-dealkylation sites (tertiary alicyclic amines) is 1. The van der Waals surface area contributed by atoms with Crippen LogP contribution in [0.2, 0.25) is 0 Å². The lowest BCUT2D eigenvalue weighted by atomic mass is 9.90. The van der Waals surface area contributed by atoms with Crippen molar-refractivity contribution in [3.8, 4) is 5.75 Å². The number of pyridine rings is 1. The van der Waals surface area contributed by atoms with Gasteiger partial charge >= 0.3 is 0 Å². The molecule has 0 saturated carbocycles. The van der Waals surface area contributed by atoms with Crippen LogP contribution in [0, 0.1) is 0 Å². The van der Waals surface area contributed by atoms with Gasteiger partial charge in [-0.05, 0) is 60.6 Å². The number of benzene rings is 1. The molecule has 0 radical (unpaired) electrons. The molecule has 0 unspecified atom stereocenters. The summed E-state index contributed by atoms with van der Waals surface area (Å²) in [6.07, 6.45) is 7.22. The average Bonchev–Trinajstić information content (AvgIpc) is 3.16. The highest BCUT2D eigenvalue weighted by Crippen LogP contribution is 2.32. The fourth-order valence-electron chi connectivity index (χ4n) is 3.96. The number of carbonyl (C=O) groups excluding carboxylic acids is 1. The van der Waals surface area contributed by atoms with E-state index in [0.29, 0.717) is 12.3 Å². The summed E-state index contributed by atoms with van der Waals surface area (Å²) in [7, 11) is 1.66. The highest BCUT2D eigenvalue weighted by molar-refractivity contribution is 5.79. The van der Waals surface area contributed by atoms with Gasteiger partial charge in [-0.25, -0.2) is 0 Å². The van der Waals surface area contributed by atoms with Crippen LogP contribution in [0.25, 0.3) is 11.0 Å². The molecule has 2 aromatic heterocycles. The van der Waals surface area contributed by atoms with Crippen LogP contribution in [-0.4, -0.2) is 41.0 Å². The number of aromatic amines is 1. The summed E-state index contributed by atoms with van der Waals surface area (Å²) < 4.78 is 5.25. The minimum Gasteiger partial charge on any atom is -0.497 e. The number of rotatable bonds is 5. The Morgan fingerprint density at radius 1 is 1.26 bits per heavy atom. The van der Waals surface area contributed by atoms with Crippen molar-refractivity contribution in [2.24, 2.45) is 0 Å². The number of carbonyl (C=O) groups is 1. The third kappa shape index (κ3) is 3.82. The molecular weight excluding hydrogens is 338 g/mol. The summed E-state index contributed by atoms with van der Waals surface area (Å²) in [5.41, 5.74) is 4.58. The number of aryl methyl sites for hydroxylation is 1. The smallest absolute Gasteiger partial charge is 0.222 e. The van der Waals surface area contributed by atoms with E-state index in [4.69, 9.17) is 4.74 Å². The van der Waals surface area contributed by atoms with Crippen LogP contribution in [0.15, 0.2) is 48.8 Å². The van der Waals surface area contributed by atoms with Crippen molar-refractivity contribution in [3.05, 3.63) is 59.9 Å². The monoisotopic (exact) mass is 363 g/mol. The first kappa shape index (κ1) is 17.6. The van der Waals surface area contributed by atoms with E-state index in [0.717, 1.165) is 54.7 Å². The van der Waals surface area contributed by atoms with Crippen molar-refractivity contribution in [2.75, 3.05) is 20.2 Å². The number of aromatic nitrogens is 2. The Labute approximate surface area is 159 Å². The number of ether oxygens (including phenoxy) is 1. The van der Waals surface area contributed by atoms with Crippen LogP contribution in [0.1, 0.15) is 36.3 Å². The van der Waals surface area contributed by atoms with E-state index in [1.807, 2.05) is 41.4 Å². The van der Waals surface area contributed by atoms with Gasteiger partial charge in [0, 0.05) is 31.9 Å². The van der Waals surface area contributed by atoms with Crippen LogP contribution in [0.4, 0.5) is 0 Å². The largest absolute Gasteiger partial charge is 0.497 e. The van der Waals surface area contributed by atoms with Crippen LogP contribution in [-0.2, 0) is 11.2 Å². The van der Waals surface area contributed by atoms with Crippen molar-refractivity contribution < 1.29 is 9.53 Å². The molecule has 3 heterocycles. The second-order valence-electron chi connectivity index (χ2n) is 7.15. The summed E-state index contributed by atoms with van der Waals surface area (Å²) in [5, 5.41) is 0. The average molecular weight is 363 g/mol. The van der Waals surface area contributed by atoms with Crippen molar-refractivity contribution in [3.63, 3.8) is 0 Å². The quantitative estimate of drug-likeness (QED) is 0.748. The summed E-state index contributed by atoms with van der Waals surface area (Å²) in [6, 6.07) is 12.0. The predicted molar refractivity (Wildman–Crippen MR) is 106 cm³/mol. The fraction of sp³-hybridized carbons (Fsp3) is 0.364. The topological polar surface area (TPSA) is 58.2 Å². The molecule has 1 aliphatic heterocycles. The lowest BCUT2D eigenvalue weighted by Gasteiger charge is -2.32. The first-order valence-electron chi connectivity index (χ1n) is 9.57. The lowest BCUT2D eigenvalue weighted by molar-refractivity contribution is -0.132. The van der Waals surface area contributed by atoms with E-state index in [1.54, 1.807) is 7.11 Å². The van der Waals surface area contributed by atoms with Gasteiger partial charge in [0.15, 0.2) is 0 Å². The molecule has 27 heavy (non-hydrogen) atoms. The molecule has 5 heteroatoms. The van der Waals surface area contributed by atoms with Crippen molar-refractivity contribution >= 4 is 16.9 Å². The zero-order chi connectivity index (χ0) is 18.6. The Bertz CT molecular complexity index is 926. The van der Waals surface area contributed by atoms with Gasteiger partial charge in [0.05, 0.1) is 18.1 Å². The van der Waals surface area contributed by atoms with Crippen LogP contribution in [0.5, 0.6) is 5.75 Å². The SMILES string of the molecule is COc1cccc(CCC(=O)N2CCC(c3c[nH]c4cccnc34)CC2)c1. The number of nitrogens with zero attached hydrogens (tertiary/aromatic N) is 2. The molecule has 1 amide bonds. The summed E-state index contributed by atoms with van der Waals surface area (Å²) in [6.45, 7) is 1.64. The summed E-state index contributed by atoms with van der Waals surface area (Å²) >= 11 is 0. The lowest BCUT2D eigenvalue weighted by Crippen LogP contribution is -2.38. The van der Waals surface area contributed by atoms with Crippen molar-refractivity contribution in [1.29, 1.82) is 0 Å². The Hall–Kier alpha value is -2.82. The van der Waals surface area contributed by atoms with Crippen LogP contribution < -0.4 is 4.74 Å². The Kier molecular flexibility index (Phi) is 5.10. The van der Waals surface area contributed by atoms with E-state index in [-0.39, 0.29) is 5.91 Å². The number of amides is 1. The second kappa shape index (κ2) is 7.82. The standard InChI is InChI=1S/C22H25N3O2/c1-27-18-5-2-4-16(14-18)7-8-21(26)25-12-9-17(10-13-25)19-15-24-20-6-3-11-23-22(19)20/h2-6,11,14-15,17,24H,7-10,12-13H2,1H3. The molecule has 1 N–H and O–H groups in total. The van der Waals surface area contributed by atoms with Crippen molar-refractivity contribution in [2.45, 2.75) is 31.6 Å². The fourth-order valence-corrected chi connectivity index (χ4v) is 3.96. The highest BCUT2D eigenvalue weighted by atomic mass is 16.5. The maximum atomic E-state index is 12.6. The van der Waals surface area contributed by atoms with E-state index in [1.165, 1.54) is 5.56 Å². The van der Waals surface area contributed by atoms with E-state index in [9.17, 15) is 4.79 Å². The van der Waals surface area contributed by atoms with Gasteiger partial charge in [0.2, 0.25) is 5.91 Å². The van der Waals surface area contributed by atoms with Gasteiger partial charge in [-0.2, -0.15) is 0 Å². The molecular formula is C22H25N3O2. The normalized spacial score (nSPS) is 15.2. The molecule has 3 aromatic rings. The number of fused-ring (bicyclic) bond motifs is 1. The van der Waals surface area contributed by atoms with Gasteiger partial charge < -0.3 is 14.6 Å². The number of methoxy groups -OCH3 is 1. The summed E-state index contributed by atoms with van der Waals surface area (Å²) in [4.78, 5) is 22.5. The van der Waals surface area contributed by atoms with E-state index < -0.39 is 0 Å². The van der Waals surface area contributed by atoms with Gasteiger partial charge in [0.25, 0.3) is 0 Å². The number of nitrogens with one attached hydrogen (secondary N) is 1. The Balaban J connectivity index is 1.32. The molecule has 140 valence electrons. The maximum absolute atomic E-state index is 12.6. The Morgan fingerprint density at radius 3 is 2.93 bits per heavy atom. The predicted octanol–water partition coefficient (Wildman–Crippen LogP) is 3.91. The van der Waals surface area contributed by atoms with E-state index >= 15 is 0 Å². The molecule has 0 aliphatic carbocycles. The molecule has 1 aliphatic rings. The van der Waals surface area contributed by atoms with Crippen LogP contribution in [0.3, 0.4) is 0 Å². The minimum absolute atomic E-state index is 0.244. The molecule has 1 saturated heterocycles. The first-order chi connectivity index (χ1) is 13.2. The number of H-pyrrole nitrogens is 1. The molecule has 1 fully saturated rings. The highest BCUT2D eigenvalue weighted by Gasteiger charge is 2.25. The third-order valence-electron chi connectivity index (χ3n) is 5.51. The second-order valence-corrected chi connectivity index (χ2v) is 7.15. The maximum Gasteiger partial charge on any atom is 0.222 e. The van der Waals surface area contributed by atoms with Gasteiger partial charge in [0.1, 0.15) is 5.75 Å². The third-order valence-corrected chi connectivity index (χ3v) is 5.51. The van der Waals surface area contributed by atoms with Gasteiger partial charge in [-0.15, -0.1) is 0 Å². The number of hydrogen-bond acceptors (Lipinski definition) is 3. The Morgan fingerprint density at radius 2 is 2.11 bits per heavy atom. The van der Waals surface area contributed by atoms with Gasteiger partial charge in [-0.1, -0.05) is 12.1 Å². The van der Waals surface area contributed by atoms with Gasteiger partial charge in [-0.3, -0.25) is 9.78 Å². The molecule has 0 spiro atoms. The number of hydrogen-bond donors (Lipinski definition) is 1. The first-order valence-corrected chi connectivity index (χ1v) is 9.57. The zero-order valence-corrected chi connectivity index (χ0v) is 15.6. The van der Waals surface area contributed by atoms with Crippen molar-refractivity contribution in [1.82, 2.24) is 14.9 Å². The van der Waals surface area contributed by atoms with E-state index in [2.05, 4.69) is 22.2 Å². The molecule has 5 nitrogen and oxygen atoms in total. The zero-order valence-electron chi connectivity index (χ0n) is 15.6. The van der Waals surface area contributed by atoms with Crippen LogP contribution >= 0.6 is 0 Å². The number of piperidine rings is 1. The molecule has 1 aromatic carbocycles.